The molecule has 12 heteroatoms. The molecule has 0 aromatic carbocycles. The van der Waals surface area contributed by atoms with Crippen molar-refractivity contribution in [3.8, 4) is 0 Å². The number of nitrogens with zero attached hydrogens (tertiary/aromatic N) is 3. The molecule has 10 nitrogen and oxygen atoms in total. The summed E-state index contributed by atoms with van der Waals surface area (Å²) in [4.78, 5) is 19.5. The van der Waals surface area contributed by atoms with Crippen LogP contribution in [0.2, 0.25) is 0 Å². The molecule has 0 spiro atoms. The minimum Gasteiger partial charge on any atom is -0.458 e. The topological polar surface area (TPSA) is 159 Å². The van der Waals surface area contributed by atoms with Crippen LogP contribution in [0.5, 0.6) is 0 Å². The number of aromatic nitrogens is 3. The summed E-state index contributed by atoms with van der Waals surface area (Å²) in [5.74, 6) is -5.12. The lowest BCUT2D eigenvalue weighted by molar-refractivity contribution is -0.243. The number of aliphatic hydroxyl groups is 2. The molecule has 0 saturated carbocycles. The van der Waals surface area contributed by atoms with Crippen LogP contribution in [0.25, 0.3) is 11.0 Å². The third-order valence-corrected chi connectivity index (χ3v) is 5.11. The molecule has 2 aromatic heterocycles. The number of anilines is 1. The van der Waals surface area contributed by atoms with E-state index in [4.69, 9.17) is 20.9 Å². The van der Waals surface area contributed by atoms with E-state index in [0.29, 0.717) is 0 Å². The van der Waals surface area contributed by atoms with Gasteiger partial charge in [-0.05, 0) is 12.8 Å². The summed E-state index contributed by atoms with van der Waals surface area (Å²) >= 11 is 0. The first-order valence-electron chi connectivity index (χ1n) is 8.87. The Hall–Kier alpha value is -2.41. The number of hydrogen-bond acceptors (Lipinski definition) is 9. The molecule has 1 aliphatic rings. The standard InChI is InChI=1S/C17H23F2N5O5/c1-7(2)10(20)15(27)28-5-17(19)12(26)11(25)16(3,29-17)24-4-8(18)9-13(21)22-6-23-14(9)24/h4,6-7,10-12,25-26H,5,20H2,1-3H3,(H2,21,22,23)/t10-,11+,12-,16+,17+/m0/s1. The highest BCUT2D eigenvalue weighted by atomic mass is 19.2. The summed E-state index contributed by atoms with van der Waals surface area (Å²) in [5, 5.41) is 20.6. The minimum atomic E-state index is -2.98. The van der Waals surface area contributed by atoms with Gasteiger partial charge in [-0.15, -0.1) is 0 Å². The molecule has 6 N–H and O–H groups in total. The van der Waals surface area contributed by atoms with Gasteiger partial charge in [0.25, 0.3) is 5.85 Å². The molecule has 3 heterocycles. The molecule has 0 bridgehead atoms. The molecule has 1 saturated heterocycles. The van der Waals surface area contributed by atoms with Crippen molar-refractivity contribution in [2.75, 3.05) is 12.3 Å². The second-order valence-corrected chi connectivity index (χ2v) is 7.51. The van der Waals surface area contributed by atoms with E-state index in [9.17, 15) is 19.4 Å². The van der Waals surface area contributed by atoms with Gasteiger partial charge in [0, 0.05) is 6.20 Å². The molecule has 1 aliphatic heterocycles. The Morgan fingerprint density at radius 1 is 1.41 bits per heavy atom. The van der Waals surface area contributed by atoms with Crippen LogP contribution in [0.4, 0.5) is 14.6 Å². The average Bonchev–Trinajstić information content (AvgIpc) is 3.09. The zero-order valence-corrected chi connectivity index (χ0v) is 16.0. The van der Waals surface area contributed by atoms with E-state index in [2.05, 4.69) is 9.97 Å². The van der Waals surface area contributed by atoms with Gasteiger partial charge in [0.05, 0.1) is 5.39 Å². The summed E-state index contributed by atoms with van der Waals surface area (Å²) in [6, 6.07) is -1.00. The summed E-state index contributed by atoms with van der Waals surface area (Å²) < 4.78 is 40.9. The van der Waals surface area contributed by atoms with Crippen molar-refractivity contribution < 1.29 is 33.3 Å². The Labute approximate surface area is 164 Å². The zero-order chi connectivity index (χ0) is 21.7. The van der Waals surface area contributed by atoms with Crippen LogP contribution in [-0.4, -0.2) is 61.4 Å². The highest BCUT2D eigenvalue weighted by Gasteiger charge is 2.63. The molecule has 0 unspecified atom stereocenters. The molecule has 2 aromatic rings. The average molecular weight is 415 g/mol. The number of nitrogen functional groups attached to an aromatic ring is 1. The number of fused-ring (bicyclic) bond motifs is 1. The van der Waals surface area contributed by atoms with Crippen LogP contribution >= 0.6 is 0 Å². The first kappa shape index (κ1) is 21.3. The first-order valence-corrected chi connectivity index (χ1v) is 8.87. The number of carbonyl (C=O) groups excluding carboxylic acids is 1. The predicted octanol–water partition coefficient (Wildman–Crippen LogP) is -0.230. The van der Waals surface area contributed by atoms with Gasteiger partial charge >= 0.3 is 5.97 Å². The molecule has 5 atom stereocenters. The Balaban J connectivity index is 1.93. The highest BCUT2D eigenvalue weighted by molar-refractivity contribution is 5.87. The lowest BCUT2D eigenvalue weighted by Gasteiger charge is -2.30. The van der Waals surface area contributed by atoms with Gasteiger partial charge in [0.2, 0.25) is 0 Å². The molecule has 160 valence electrons. The normalized spacial score (nSPS) is 30.8. The minimum absolute atomic E-state index is 0.0770. The Morgan fingerprint density at radius 2 is 2.07 bits per heavy atom. The number of halogens is 2. The highest BCUT2D eigenvalue weighted by Crippen LogP contribution is 2.44. The van der Waals surface area contributed by atoms with Crippen LogP contribution in [0.3, 0.4) is 0 Å². The number of carbonyl (C=O) groups is 1. The van der Waals surface area contributed by atoms with E-state index >= 15 is 4.39 Å². The molecule has 0 radical (unpaired) electrons. The van der Waals surface area contributed by atoms with Crippen molar-refractivity contribution in [2.45, 2.75) is 50.6 Å². The van der Waals surface area contributed by atoms with Crippen molar-refractivity contribution in [1.82, 2.24) is 14.5 Å². The van der Waals surface area contributed by atoms with Gasteiger partial charge in [-0.3, -0.25) is 9.36 Å². The quantitative estimate of drug-likeness (QED) is 0.484. The number of rotatable bonds is 5. The van der Waals surface area contributed by atoms with Gasteiger partial charge in [-0.2, -0.15) is 0 Å². The van der Waals surface area contributed by atoms with Gasteiger partial charge in [-0.25, -0.2) is 18.7 Å². The molecule has 29 heavy (non-hydrogen) atoms. The fourth-order valence-corrected chi connectivity index (χ4v) is 3.22. The van der Waals surface area contributed by atoms with Crippen molar-refractivity contribution in [3.05, 3.63) is 18.3 Å². The second-order valence-electron chi connectivity index (χ2n) is 7.51. The van der Waals surface area contributed by atoms with E-state index in [1.165, 1.54) is 6.92 Å². The van der Waals surface area contributed by atoms with Crippen molar-refractivity contribution in [3.63, 3.8) is 0 Å². The van der Waals surface area contributed by atoms with E-state index in [0.717, 1.165) is 17.1 Å². The molecular formula is C17H23F2N5O5. The van der Waals surface area contributed by atoms with Crippen LogP contribution in [0, 0.1) is 11.7 Å². The third-order valence-electron chi connectivity index (χ3n) is 5.11. The van der Waals surface area contributed by atoms with E-state index < -0.39 is 48.2 Å². The van der Waals surface area contributed by atoms with Crippen molar-refractivity contribution in [1.29, 1.82) is 0 Å². The largest absolute Gasteiger partial charge is 0.458 e. The molecule has 3 rings (SSSR count). The summed E-state index contributed by atoms with van der Waals surface area (Å²) in [6.45, 7) is 3.55. The lowest BCUT2D eigenvalue weighted by Crippen LogP contribution is -2.46. The lowest BCUT2D eigenvalue weighted by atomic mass is 10.0. The molecule has 1 fully saturated rings. The Kier molecular flexibility index (Phi) is 5.24. The van der Waals surface area contributed by atoms with Gasteiger partial charge in [0.15, 0.2) is 23.8 Å². The summed E-state index contributed by atoms with van der Waals surface area (Å²) in [6.07, 6.45) is -2.02. The van der Waals surface area contributed by atoms with Gasteiger partial charge in [-0.1, -0.05) is 13.8 Å². The SMILES string of the molecule is CC(C)[C@H](N)C(=O)OC[C@@]1(F)O[C@@](C)(n2cc(F)c3c(N)ncnc32)[C@H](O)[C@@H]1O. The van der Waals surface area contributed by atoms with Gasteiger partial charge < -0.3 is 31.2 Å². The number of ether oxygens (including phenoxy) is 2. The Morgan fingerprint density at radius 3 is 2.69 bits per heavy atom. The third kappa shape index (κ3) is 3.31. The van der Waals surface area contributed by atoms with Crippen molar-refractivity contribution >= 4 is 22.8 Å². The zero-order valence-electron chi connectivity index (χ0n) is 16.0. The van der Waals surface area contributed by atoms with Gasteiger partial charge in [0.1, 0.15) is 30.4 Å². The fraction of sp³-hybridized carbons (Fsp3) is 0.588. The maximum absolute atomic E-state index is 15.3. The maximum Gasteiger partial charge on any atom is 0.323 e. The number of aliphatic hydroxyl groups excluding tert-OH is 2. The molecular weight excluding hydrogens is 392 g/mol. The van der Waals surface area contributed by atoms with E-state index in [-0.39, 0.29) is 22.8 Å². The summed E-state index contributed by atoms with van der Waals surface area (Å²) in [5.41, 5.74) is 9.24. The number of alkyl halides is 1. The van der Waals surface area contributed by atoms with Crippen LogP contribution in [0.15, 0.2) is 12.5 Å². The van der Waals surface area contributed by atoms with Crippen LogP contribution < -0.4 is 11.5 Å². The van der Waals surface area contributed by atoms with E-state index in [1.54, 1.807) is 13.8 Å². The maximum atomic E-state index is 15.3. The number of hydrogen-bond donors (Lipinski definition) is 4. The number of nitrogens with two attached hydrogens (primary N) is 2. The van der Waals surface area contributed by atoms with Crippen LogP contribution in [-0.2, 0) is 20.0 Å². The van der Waals surface area contributed by atoms with E-state index in [1.807, 2.05) is 0 Å². The van der Waals surface area contributed by atoms with Crippen LogP contribution in [0.1, 0.15) is 20.8 Å². The van der Waals surface area contributed by atoms with Crippen molar-refractivity contribution in [2.24, 2.45) is 11.7 Å². The molecule has 0 amide bonds. The number of esters is 1. The first-order chi connectivity index (χ1) is 13.4. The molecule has 0 aliphatic carbocycles. The monoisotopic (exact) mass is 415 g/mol. The second kappa shape index (κ2) is 7.13. The Bertz CT molecular complexity index is 940. The summed E-state index contributed by atoms with van der Waals surface area (Å²) in [7, 11) is 0. The fourth-order valence-electron chi connectivity index (χ4n) is 3.22. The predicted molar refractivity (Wildman–Crippen MR) is 96.3 cm³/mol. The smallest absolute Gasteiger partial charge is 0.323 e.